The maximum atomic E-state index is 13.5. The fraction of sp³-hybridized carbons (Fsp3) is 0.300. The Bertz CT molecular complexity index is 460. The van der Waals surface area contributed by atoms with Crippen molar-refractivity contribution < 1.29 is 31.8 Å². The first kappa shape index (κ1) is 13.3. The van der Waals surface area contributed by atoms with E-state index in [2.05, 4.69) is 9.47 Å². The van der Waals surface area contributed by atoms with Crippen LogP contribution in [0.2, 0.25) is 0 Å². The third-order valence-corrected chi connectivity index (χ3v) is 1.91. The van der Waals surface area contributed by atoms with E-state index in [0.717, 1.165) is 7.11 Å². The zero-order valence-electron chi connectivity index (χ0n) is 8.94. The number of methoxy groups -OCH3 is 1. The summed E-state index contributed by atoms with van der Waals surface area (Å²) in [5.41, 5.74) is -1.32. The van der Waals surface area contributed by atoms with Gasteiger partial charge in [0.1, 0.15) is 5.56 Å². The normalized spacial score (nSPS) is 10.2. The van der Waals surface area contributed by atoms with Gasteiger partial charge in [0, 0.05) is 0 Å². The van der Waals surface area contributed by atoms with Gasteiger partial charge in [0.2, 0.25) is 5.82 Å². The van der Waals surface area contributed by atoms with Gasteiger partial charge in [-0.2, -0.15) is 4.39 Å². The molecule has 0 saturated heterocycles. The van der Waals surface area contributed by atoms with Crippen molar-refractivity contribution >= 4 is 5.97 Å². The minimum atomic E-state index is -1.99. The van der Waals surface area contributed by atoms with Crippen LogP contribution in [-0.4, -0.2) is 19.7 Å². The van der Waals surface area contributed by atoms with E-state index in [1.807, 2.05) is 0 Å². The van der Waals surface area contributed by atoms with Crippen LogP contribution < -0.4 is 4.74 Å². The number of carbonyl (C=O) groups is 1. The van der Waals surface area contributed by atoms with Crippen molar-refractivity contribution in [2.75, 3.05) is 13.7 Å². The van der Waals surface area contributed by atoms with Crippen molar-refractivity contribution in [3.05, 3.63) is 28.8 Å². The molecule has 0 spiro atoms. The summed E-state index contributed by atoms with van der Waals surface area (Å²) in [5.74, 6) is -10.0. The Morgan fingerprint density at radius 2 is 1.65 bits per heavy atom. The van der Waals surface area contributed by atoms with Crippen molar-refractivity contribution in [3.8, 4) is 5.75 Å². The minimum absolute atomic E-state index is 0.168. The SMILES string of the molecule is CCOC(=O)c1c(F)c(F)c(F)c(OC)c1F. The van der Waals surface area contributed by atoms with Crippen molar-refractivity contribution in [2.24, 2.45) is 0 Å². The molecule has 0 bridgehead atoms. The highest BCUT2D eigenvalue weighted by molar-refractivity contribution is 5.90. The molecule has 17 heavy (non-hydrogen) atoms. The van der Waals surface area contributed by atoms with Gasteiger partial charge >= 0.3 is 5.97 Å². The second kappa shape index (κ2) is 5.03. The molecule has 0 aliphatic carbocycles. The monoisotopic (exact) mass is 252 g/mol. The molecule has 94 valence electrons. The smallest absolute Gasteiger partial charge is 0.344 e. The second-order valence-electron chi connectivity index (χ2n) is 2.88. The Kier molecular flexibility index (Phi) is 3.93. The maximum absolute atomic E-state index is 13.5. The van der Waals surface area contributed by atoms with E-state index in [9.17, 15) is 22.4 Å². The molecule has 1 rings (SSSR count). The molecule has 1 aromatic rings. The molecule has 0 heterocycles. The molecule has 0 N–H and O–H groups in total. The van der Waals surface area contributed by atoms with Crippen molar-refractivity contribution in [1.82, 2.24) is 0 Å². The summed E-state index contributed by atoms with van der Waals surface area (Å²) in [5, 5.41) is 0. The molecule has 0 saturated carbocycles. The van der Waals surface area contributed by atoms with Crippen molar-refractivity contribution in [1.29, 1.82) is 0 Å². The predicted molar refractivity (Wildman–Crippen MR) is 48.8 cm³/mol. The van der Waals surface area contributed by atoms with Gasteiger partial charge in [-0.15, -0.1) is 0 Å². The molecule has 0 fully saturated rings. The highest BCUT2D eigenvalue weighted by Gasteiger charge is 2.30. The van der Waals surface area contributed by atoms with Gasteiger partial charge < -0.3 is 9.47 Å². The topological polar surface area (TPSA) is 35.5 Å². The van der Waals surface area contributed by atoms with Crippen LogP contribution in [0.25, 0.3) is 0 Å². The summed E-state index contributed by atoms with van der Waals surface area (Å²) in [6, 6.07) is 0. The molecular weight excluding hydrogens is 244 g/mol. The molecule has 3 nitrogen and oxygen atoms in total. The first-order valence-electron chi connectivity index (χ1n) is 4.52. The van der Waals surface area contributed by atoms with E-state index in [0.29, 0.717) is 0 Å². The lowest BCUT2D eigenvalue weighted by Crippen LogP contribution is -2.14. The predicted octanol–water partition coefficient (Wildman–Crippen LogP) is 2.43. The Morgan fingerprint density at radius 3 is 2.12 bits per heavy atom. The molecule has 0 amide bonds. The number of carbonyl (C=O) groups excluding carboxylic acids is 1. The Morgan fingerprint density at radius 1 is 1.06 bits per heavy atom. The highest BCUT2D eigenvalue weighted by Crippen LogP contribution is 2.30. The zero-order chi connectivity index (χ0) is 13.2. The van der Waals surface area contributed by atoms with E-state index in [-0.39, 0.29) is 6.61 Å². The molecule has 0 radical (unpaired) electrons. The Labute approximate surface area is 93.9 Å². The average molecular weight is 252 g/mol. The number of benzene rings is 1. The highest BCUT2D eigenvalue weighted by atomic mass is 19.2. The summed E-state index contributed by atoms with van der Waals surface area (Å²) in [7, 11) is 0.855. The van der Waals surface area contributed by atoms with Crippen molar-refractivity contribution in [3.63, 3.8) is 0 Å². The van der Waals surface area contributed by atoms with Gasteiger partial charge in [-0.25, -0.2) is 18.0 Å². The fourth-order valence-corrected chi connectivity index (χ4v) is 1.17. The second-order valence-corrected chi connectivity index (χ2v) is 2.88. The van der Waals surface area contributed by atoms with Crippen LogP contribution in [0.3, 0.4) is 0 Å². The van der Waals surface area contributed by atoms with Crippen LogP contribution in [0.4, 0.5) is 17.6 Å². The van der Waals surface area contributed by atoms with Crippen LogP contribution in [0, 0.1) is 23.3 Å². The molecule has 0 atom stereocenters. The number of hydrogen-bond donors (Lipinski definition) is 0. The van der Waals surface area contributed by atoms with E-state index >= 15 is 0 Å². The van der Waals surface area contributed by atoms with E-state index in [1.54, 1.807) is 0 Å². The number of hydrogen-bond acceptors (Lipinski definition) is 3. The van der Waals surface area contributed by atoms with Gasteiger partial charge in [0.25, 0.3) is 0 Å². The van der Waals surface area contributed by atoms with E-state index in [1.165, 1.54) is 6.92 Å². The van der Waals surface area contributed by atoms with Gasteiger partial charge in [-0.1, -0.05) is 0 Å². The maximum Gasteiger partial charge on any atom is 0.344 e. The Hall–Kier alpha value is -1.79. The molecule has 0 aliphatic rings. The molecule has 0 aromatic heterocycles. The first-order valence-corrected chi connectivity index (χ1v) is 4.52. The Balaban J connectivity index is 3.50. The summed E-state index contributed by atoms with van der Waals surface area (Å²) < 4.78 is 61.3. The quantitative estimate of drug-likeness (QED) is 0.358. The van der Waals surface area contributed by atoms with Crippen LogP contribution in [0.5, 0.6) is 5.75 Å². The van der Waals surface area contributed by atoms with E-state index in [4.69, 9.17) is 0 Å². The molecular formula is C10H8F4O3. The lowest BCUT2D eigenvalue weighted by molar-refractivity contribution is 0.0512. The lowest BCUT2D eigenvalue weighted by atomic mass is 10.1. The number of esters is 1. The van der Waals surface area contributed by atoms with Crippen molar-refractivity contribution in [2.45, 2.75) is 6.92 Å². The summed E-state index contributed by atoms with van der Waals surface area (Å²) in [6.07, 6.45) is 0. The molecule has 7 heteroatoms. The van der Waals surface area contributed by atoms with Gasteiger partial charge in [-0.3, -0.25) is 0 Å². The summed E-state index contributed by atoms with van der Waals surface area (Å²) in [6.45, 7) is 1.23. The van der Waals surface area contributed by atoms with Crippen LogP contribution in [0.1, 0.15) is 17.3 Å². The first-order chi connectivity index (χ1) is 7.95. The number of halogens is 4. The molecule has 0 unspecified atom stereocenters. The third-order valence-electron chi connectivity index (χ3n) is 1.91. The van der Waals surface area contributed by atoms with Crippen LogP contribution in [-0.2, 0) is 4.74 Å². The number of rotatable bonds is 3. The lowest BCUT2D eigenvalue weighted by Gasteiger charge is -2.10. The largest absolute Gasteiger partial charge is 0.491 e. The summed E-state index contributed by atoms with van der Waals surface area (Å²) in [4.78, 5) is 11.2. The molecule has 0 aliphatic heterocycles. The average Bonchev–Trinajstić information content (AvgIpc) is 2.27. The van der Waals surface area contributed by atoms with Gasteiger partial charge in [-0.05, 0) is 6.92 Å². The third kappa shape index (κ3) is 2.17. The summed E-state index contributed by atoms with van der Waals surface area (Å²) >= 11 is 0. The molecule has 1 aromatic carbocycles. The van der Waals surface area contributed by atoms with Gasteiger partial charge in [0.15, 0.2) is 23.2 Å². The van der Waals surface area contributed by atoms with Crippen LogP contribution in [0.15, 0.2) is 0 Å². The minimum Gasteiger partial charge on any atom is -0.491 e. The number of ether oxygens (including phenoxy) is 2. The zero-order valence-corrected chi connectivity index (χ0v) is 8.94. The standard InChI is InChI=1S/C10H8F4O3/c1-3-17-10(15)4-5(11)7(13)8(14)9(16-2)6(4)12/h3H2,1-2H3. The van der Waals surface area contributed by atoms with E-state index < -0.39 is 40.6 Å². The van der Waals surface area contributed by atoms with Crippen LogP contribution >= 0.6 is 0 Å². The fourth-order valence-electron chi connectivity index (χ4n) is 1.17. The van der Waals surface area contributed by atoms with Gasteiger partial charge in [0.05, 0.1) is 13.7 Å².